The Morgan fingerprint density at radius 3 is 2.25 bits per heavy atom. The third kappa shape index (κ3) is 4.83. The number of hydrogen-bond donors (Lipinski definition) is 1. The monoisotopic (exact) mass is 488 g/mol. The highest BCUT2D eigenvalue weighted by atomic mass is 35.5. The van der Waals surface area contributed by atoms with Crippen molar-refractivity contribution in [2.24, 2.45) is 0 Å². The molecule has 166 valence electrons. The van der Waals surface area contributed by atoms with Gasteiger partial charge in [-0.2, -0.15) is 0 Å². The fourth-order valence-electron chi connectivity index (χ4n) is 4.14. The molecule has 1 aliphatic rings. The molecule has 3 aromatic carbocycles. The van der Waals surface area contributed by atoms with Gasteiger partial charge in [0.1, 0.15) is 5.75 Å². The average molecular weight is 490 g/mol. The molecule has 32 heavy (non-hydrogen) atoms. The van der Waals surface area contributed by atoms with E-state index in [1.807, 2.05) is 48.2 Å². The van der Waals surface area contributed by atoms with E-state index in [9.17, 15) is 9.90 Å². The highest BCUT2D eigenvalue weighted by molar-refractivity contribution is 6.36. The van der Waals surface area contributed by atoms with Crippen molar-refractivity contribution in [1.82, 2.24) is 4.90 Å². The third-order valence-electron chi connectivity index (χ3n) is 5.93. The van der Waals surface area contributed by atoms with Crippen molar-refractivity contribution in [3.05, 3.63) is 92.9 Å². The van der Waals surface area contributed by atoms with Crippen LogP contribution in [0, 0.1) is 0 Å². The second kappa shape index (κ2) is 9.62. The van der Waals surface area contributed by atoms with Crippen LogP contribution in [0.3, 0.4) is 0 Å². The Morgan fingerprint density at radius 1 is 0.938 bits per heavy atom. The number of hydrogen-bond acceptors (Lipinski definition) is 3. The molecule has 7 heteroatoms. The molecule has 0 aliphatic carbocycles. The molecule has 4 rings (SSSR count). The van der Waals surface area contributed by atoms with Gasteiger partial charge in [-0.3, -0.25) is 4.79 Å². The first-order valence-electron chi connectivity index (χ1n) is 10.4. The zero-order chi connectivity index (χ0) is 22.8. The quantitative estimate of drug-likeness (QED) is 0.452. The van der Waals surface area contributed by atoms with E-state index in [1.165, 1.54) is 0 Å². The van der Waals surface area contributed by atoms with Gasteiger partial charge in [-0.1, -0.05) is 59.1 Å². The SMILES string of the molecule is CC(C(=O)N1CCN(c2ccc(Cl)cc2Cl)C(c2ccc(Cl)cc2)C1)c1ccc(O)cc1. The number of piperazine rings is 1. The van der Waals surface area contributed by atoms with Gasteiger partial charge in [0.15, 0.2) is 0 Å². The number of amides is 1. The number of phenolic OH excluding ortho intramolecular Hbond substituents is 1. The highest BCUT2D eigenvalue weighted by Gasteiger charge is 2.33. The van der Waals surface area contributed by atoms with Crippen LogP contribution in [0.2, 0.25) is 15.1 Å². The molecule has 1 aliphatic heterocycles. The molecule has 0 saturated carbocycles. The number of carbonyl (C=O) groups is 1. The van der Waals surface area contributed by atoms with Gasteiger partial charge in [0, 0.05) is 29.7 Å². The van der Waals surface area contributed by atoms with E-state index in [4.69, 9.17) is 34.8 Å². The number of carbonyl (C=O) groups excluding carboxylic acids is 1. The van der Waals surface area contributed by atoms with Crippen LogP contribution in [-0.2, 0) is 4.79 Å². The van der Waals surface area contributed by atoms with Crippen molar-refractivity contribution in [2.75, 3.05) is 24.5 Å². The molecule has 0 spiro atoms. The maximum Gasteiger partial charge on any atom is 0.229 e. The van der Waals surface area contributed by atoms with Crippen LogP contribution < -0.4 is 4.90 Å². The summed E-state index contributed by atoms with van der Waals surface area (Å²) in [6.45, 7) is 3.61. The summed E-state index contributed by atoms with van der Waals surface area (Å²) in [7, 11) is 0. The van der Waals surface area contributed by atoms with Crippen molar-refractivity contribution >= 4 is 46.4 Å². The summed E-state index contributed by atoms with van der Waals surface area (Å²) in [5.41, 5.74) is 2.81. The smallest absolute Gasteiger partial charge is 0.229 e. The minimum absolute atomic E-state index is 0.0523. The highest BCUT2D eigenvalue weighted by Crippen LogP contribution is 2.37. The number of anilines is 1. The zero-order valence-corrected chi connectivity index (χ0v) is 19.8. The lowest BCUT2D eigenvalue weighted by atomic mass is 9.96. The molecular formula is C25H23Cl3N2O2. The standard InChI is InChI=1S/C25H23Cl3N2O2/c1-16(17-4-9-21(31)10-5-17)25(32)29-12-13-30(23-11-8-20(27)14-22(23)28)24(15-29)18-2-6-19(26)7-3-18/h2-11,14,16,24,31H,12-13,15H2,1H3. The Kier molecular flexibility index (Phi) is 6.85. The van der Waals surface area contributed by atoms with Crippen molar-refractivity contribution in [2.45, 2.75) is 18.9 Å². The van der Waals surface area contributed by atoms with E-state index in [0.29, 0.717) is 34.7 Å². The maximum atomic E-state index is 13.3. The van der Waals surface area contributed by atoms with E-state index >= 15 is 0 Å². The number of benzene rings is 3. The summed E-state index contributed by atoms with van der Waals surface area (Å²) in [4.78, 5) is 17.5. The molecule has 1 saturated heterocycles. The summed E-state index contributed by atoms with van der Waals surface area (Å²) in [5, 5.41) is 11.4. The van der Waals surface area contributed by atoms with E-state index in [0.717, 1.165) is 16.8 Å². The first kappa shape index (κ1) is 22.8. The molecule has 2 atom stereocenters. The predicted molar refractivity (Wildman–Crippen MR) is 131 cm³/mol. The van der Waals surface area contributed by atoms with Crippen LogP contribution in [0.4, 0.5) is 5.69 Å². The largest absolute Gasteiger partial charge is 0.508 e. The Labute approximate surface area is 202 Å². The van der Waals surface area contributed by atoms with Crippen LogP contribution in [0.15, 0.2) is 66.7 Å². The minimum atomic E-state index is -0.313. The van der Waals surface area contributed by atoms with Crippen LogP contribution in [-0.4, -0.2) is 35.5 Å². The first-order valence-corrected chi connectivity index (χ1v) is 11.5. The third-order valence-corrected chi connectivity index (χ3v) is 6.72. The lowest BCUT2D eigenvalue weighted by Crippen LogP contribution is -2.51. The Bertz CT molecular complexity index is 1100. The number of rotatable bonds is 4. The van der Waals surface area contributed by atoms with Gasteiger partial charge < -0.3 is 14.9 Å². The van der Waals surface area contributed by atoms with Crippen molar-refractivity contribution in [1.29, 1.82) is 0 Å². The van der Waals surface area contributed by atoms with Gasteiger partial charge >= 0.3 is 0 Å². The molecule has 0 aromatic heterocycles. The summed E-state index contributed by atoms with van der Waals surface area (Å²) >= 11 is 18.8. The maximum absolute atomic E-state index is 13.3. The van der Waals surface area contributed by atoms with E-state index in [-0.39, 0.29) is 23.6 Å². The Balaban J connectivity index is 1.63. The summed E-state index contributed by atoms with van der Waals surface area (Å²) in [6.07, 6.45) is 0. The topological polar surface area (TPSA) is 43.8 Å². The summed E-state index contributed by atoms with van der Waals surface area (Å²) < 4.78 is 0. The molecule has 1 N–H and O–H groups in total. The molecule has 1 fully saturated rings. The van der Waals surface area contributed by atoms with E-state index in [1.54, 1.807) is 30.3 Å². The van der Waals surface area contributed by atoms with Gasteiger partial charge in [-0.05, 0) is 60.5 Å². The predicted octanol–water partition coefficient (Wildman–Crippen LogP) is 6.55. The second-order valence-electron chi connectivity index (χ2n) is 7.95. The van der Waals surface area contributed by atoms with Gasteiger partial charge in [0.25, 0.3) is 0 Å². The molecule has 1 amide bonds. The van der Waals surface area contributed by atoms with Crippen molar-refractivity contribution in [3.8, 4) is 5.75 Å². The normalized spacial score (nSPS) is 17.3. The summed E-state index contributed by atoms with van der Waals surface area (Å²) in [5.74, 6) is -0.0756. The van der Waals surface area contributed by atoms with E-state index < -0.39 is 0 Å². The van der Waals surface area contributed by atoms with Crippen LogP contribution in [0.5, 0.6) is 5.75 Å². The molecule has 3 aromatic rings. The van der Waals surface area contributed by atoms with Crippen LogP contribution in [0.1, 0.15) is 30.0 Å². The van der Waals surface area contributed by atoms with Crippen LogP contribution >= 0.6 is 34.8 Å². The number of phenols is 1. The minimum Gasteiger partial charge on any atom is -0.508 e. The van der Waals surface area contributed by atoms with Gasteiger partial charge in [-0.25, -0.2) is 0 Å². The van der Waals surface area contributed by atoms with E-state index in [2.05, 4.69) is 4.90 Å². The number of halogens is 3. The number of aromatic hydroxyl groups is 1. The zero-order valence-electron chi connectivity index (χ0n) is 17.5. The fraction of sp³-hybridized carbons (Fsp3) is 0.240. The number of nitrogens with zero attached hydrogens (tertiary/aromatic N) is 2. The molecule has 4 nitrogen and oxygen atoms in total. The molecular weight excluding hydrogens is 467 g/mol. The van der Waals surface area contributed by atoms with Gasteiger partial charge in [0.05, 0.1) is 22.7 Å². The Hall–Kier alpha value is -2.40. The molecule has 1 heterocycles. The lowest BCUT2D eigenvalue weighted by molar-refractivity contribution is -0.133. The molecule has 2 unspecified atom stereocenters. The Morgan fingerprint density at radius 2 is 1.59 bits per heavy atom. The van der Waals surface area contributed by atoms with Gasteiger partial charge in [-0.15, -0.1) is 0 Å². The lowest BCUT2D eigenvalue weighted by Gasteiger charge is -2.44. The summed E-state index contributed by atoms with van der Waals surface area (Å²) in [6, 6.07) is 19.9. The molecule has 0 radical (unpaired) electrons. The van der Waals surface area contributed by atoms with Crippen molar-refractivity contribution < 1.29 is 9.90 Å². The van der Waals surface area contributed by atoms with Gasteiger partial charge in [0.2, 0.25) is 5.91 Å². The average Bonchev–Trinajstić information content (AvgIpc) is 2.79. The first-order chi connectivity index (χ1) is 15.3. The fourth-order valence-corrected chi connectivity index (χ4v) is 4.78. The second-order valence-corrected chi connectivity index (χ2v) is 9.23. The van der Waals surface area contributed by atoms with Crippen molar-refractivity contribution in [3.63, 3.8) is 0 Å². The molecule has 0 bridgehead atoms. The van der Waals surface area contributed by atoms with Crippen LogP contribution in [0.25, 0.3) is 0 Å².